The Bertz CT molecular complexity index is 990. The molecule has 0 unspecified atom stereocenters. The molecule has 2 aromatic rings. The van der Waals surface area contributed by atoms with Crippen LogP contribution in [0.2, 0.25) is 0 Å². The van der Waals surface area contributed by atoms with Crippen molar-refractivity contribution in [2.45, 2.75) is 136 Å². The number of Topliss-reactive ketones (excluding diaryl/α,β-unsaturated/α-hetero) is 1. The summed E-state index contributed by atoms with van der Waals surface area (Å²) in [4.78, 5) is 24.8. The summed E-state index contributed by atoms with van der Waals surface area (Å²) in [5, 5.41) is 9.53. The number of carbonyl (C=O) groups is 2. The molecule has 1 aromatic carbocycles. The van der Waals surface area contributed by atoms with E-state index < -0.39 is 5.97 Å². The number of hydrogen-bond donors (Lipinski definition) is 1. The Hall–Kier alpha value is -2.56. The number of carbonyl (C=O) groups excluding carboxylic acids is 1. The SMILES string of the molecule is CCCCCCCCCCCCCCCCCC(=O)c1c(C)c(CC(=O)O)n(Cc2ccc(OC)cc2)c1C. The molecule has 0 radical (unpaired) electrons. The van der Waals surface area contributed by atoms with E-state index in [4.69, 9.17) is 4.74 Å². The lowest BCUT2D eigenvalue weighted by Crippen LogP contribution is -2.11. The van der Waals surface area contributed by atoms with Crippen molar-refractivity contribution >= 4 is 11.8 Å². The number of methoxy groups -OCH3 is 1. The van der Waals surface area contributed by atoms with Gasteiger partial charge in [0.2, 0.25) is 0 Å². The smallest absolute Gasteiger partial charge is 0.309 e. The summed E-state index contributed by atoms with van der Waals surface area (Å²) >= 11 is 0. The van der Waals surface area contributed by atoms with Gasteiger partial charge in [-0.2, -0.15) is 0 Å². The minimum absolute atomic E-state index is 0.0882. The van der Waals surface area contributed by atoms with Gasteiger partial charge in [-0.05, 0) is 43.5 Å². The van der Waals surface area contributed by atoms with E-state index in [1.807, 2.05) is 42.7 Å². The summed E-state index contributed by atoms with van der Waals surface area (Å²) < 4.78 is 7.25. The second-order valence-corrected chi connectivity index (χ2v) is 11.2. The molecule has 0 bridgehead atoms. The molecule has 0 atom stereocenters. The van der Waals surface area contributed by atoms with Crippen molar-refractivity contribution in [2.75, 3.05) is 7.11 Å². The van der Waals surface area contributed by atoms with Crippen molar-refractivity contribution in [3.05, 3.63) is 52.3 Å². The third-order valence-electron chi connectivity index (χ3n) is 8.01. The molecule has 0 saturated heterocycles. The number of carboxylic acids is 1. The van der Waals surface area contributed by atoms with Crippen LogP contribution in [0.25, 0.3) is 0 Å². The van der Waals surface area contributed by atoms with E-state index >= 15 is 0 Å². The molecule has 0 aliphatic carbocycles. The van der Waals surface area contributed by atoms with Crippen LogP contribution >= 0.6 is 0 Å². The first-order chi connectivity index (χ1) is 18.9. The quantitative estimate of drug-likeness (QED) is 0.120. The van der Waals surface area contributed by atoms with Crippen LogP contribution in [-0.4, -0.2) is 28.5 Å². The van der Waals surface area contributed by atoms with Gasteiger partial charge < -0.3 is 14.4 Å². The Morgan fingerprint density at radius 2 is 1.26 bits per heavy atom. The first-order valence-electron chi connectivity index (χ1n) is 15.5. The maximum atomic E-state index is 13.2. The highest BCUT2D eigenvalue weighted by atomic mass is 16.5. The fourth-order valence-electron chi connectivity index (χ4n) is 5.65. The lowest BCUT2D eigenvalue weighted by molar-refractivity contribution is -0.136. The van der Waals surface area contributed by atoms with E-state index in [1.54, 1.807) is 7.11 Å². The highest BCUT2D eigenvalue weighted by molar-refractivity contribution is 5.99. The van der Waals surface area contributed by atoms with Gasteiger partial charge in [0.05, 0.1) is 13.5 Å². The topological polar surface area (TPSA) is 68.5 Å². The standard InChI is InChI=1S/C34H53NO4/c1-5-6-7-8-9-10-11-12-13-14-15-16-17-18-19-20-32(36)34-27(2)31(25-33(37)38)35(28(34)3)26-29-21-23-30(39-4)24-22-29/h21-24H,5-20,25-26H2,1-4H3,(H,37,38). The summed E-state index contributed by atoms with van der Waals surface area (Å²) in [6.45, 7) is 6.65. The number of aliphatic carboxylic acids is 1. The molecule has 1 aromatic heterocycles. The first-order valence-corrected chi connectivity index (χ1v) is 15.5. The van der Waals surface area contributed by atoms with Gasteiger partial charge in [0.15, 0.2) is 5.78 Å². The lowest BCUT2D eigenvalue weighted by Gasteiger charge is -2.12. The number of hydrogen-bond acceptors (Lipinski definition) is 3. The van der Waals surface area contributed by atoms with E-state index in [0.29, 0.717) is 18.5 Å². The number of aromatic nitrogens is 1. The van der Waals surface area contributed by atoms with Gasteiger partial charge in [-0.25, -0.2) is 0 Å². The molecule has 0 fully saturated rings. The van der Waals surface area contributed by atoms with Gasteiger partial charge in [-0.3, -0.25) is 9.59 Å². The minimum atomic E-state index is -0.881. The number of ether oxygens (including phenoxy) is 1. The highest BCUT2D eigenvalue weighted by Gasteiger charge is 2.23. The Morgan fingerprint density at radius 1 is 0.769 bits per heavy atom. The van der Waals surface area contributed by atoms with Gasteiger partial charge in [0.1, 0.15) is 5.75 Å². The Balaban J connectivity index is 1.75. The normalized spacial score (nSPS) is 11.2. The number of nitrogens with zero attached hydrogens (tertiary/aromatic N) is 1. The van der Waals surface area contributed by atoms with Crippen molar-refractivity contribution in [3.8, 4) is 5.75 Å². The Morgan fingerprint density at radius 3 is 1.72 bits per heavy atom. The molecule has 0 spiro atoms. The fourth-order valence-corrected chi connectivity index (χ4v) is 5.65. The van der Waals surface area contributed by atoms with E-state index in [-0.39, 0.29) is 12.2 Å². The average molecular weight is 540 g/mol. The third-order valence-corrected chi connectivity index (χ3v) is 8.01. The summed E-state index contributed by atoms with van der Waals surface area (Å²) in [5.41, 5.74) is 4.16. The maximum Gasteiger partial charge on any atom is 0.309 e. The second-order valence-electron chi connectivity index (χ2n) is 11.2. The molecule has 5 heteroatoms. The molecule has 0 aliphatic rings. The van der Waals surface area contributed by atoms with Crippen LogP contribution in [0.15, 0.2) is 24.3 Å². The van der Waals surface area contributed by atoms with Crippen LogP contribution in [-0.2, 0) is 17.8 Å². The highest BCUT2D eigenvalue weighted by Crippen LogP contribution is 2.27. The predicted molar refractivity (Wildman–Crippen MR) is 161 cm³/mol. The van der Waals surface area contributed by atoms with Gasteiger partial charge in [-0.1, -0.05) is 109 Å². The van der Waals surface area contributed by atoms with Crippen molar-refractivity contribution in [2.24, 2.45) is 0 Å². The molecule has 0 amide bonds. The summed E-state index contributed by atoms with van der Waals surface area (Å²) in [7, 11) is 1.63. The monoisotopic (exact) mass is 539 g/mol. The van der Waals surface area contributed by atoms with Gasteiger partial charge in [-0.15, -0.1) is 0 Å². The lowest BCUT2D eigenvalue weighted by atomic mass is 9.99. The Kier molecular flexibility index (Phi) is 15.6. The number of benzene rings is 1. The molecule has 0 aliphatic heterocycles. The van der Waals surface area contributed by atoms with Crippen molar-refractivity contribution in [3.63, 3.8) is 0 Å². The van der Waals surface area contributed by atoms with Crippen LogP contribution in [0.1, 0.15) is 143 Å². The van der Waals surface area contributed by atoms with E-state index in [9.17, 15) is 14.7 Å². The van der Waals surface area contributed by atoms with E-state index in [1.165, 1.54) is 83.5 Å². The molecular weight excluding hydrogens is 486 g/mol. The van der Waals surface area contributed by atoms with Crippen molar-refractivity contribution < 1.29 is 19.4 Å². The Labute approximate surface area is 237 Å². The van der Waals surface area contributed by atoms with Crippen LogP contribution in [0.3, 0.4) is 0 Å². The molecule has 0 saturated carbocycles. The van der Waals surface area contributed by atoms with E-state index in [0.717, 1.165) is 41.1 Å². The van der Waals surface area contributed by atoms with Crippen LogP contribution in [0, 0.1) is 13.8 Å². The maximum absolute atomic E-state index is 13.2. The van der Waals surface area contributed by atoms with Crippen LogP contribution in [0.5, 0.6) is 5.75 Å². The summed E-state index contributed by atoms with van der Waals surface area (Å²) in [6.07, 6.45) is 20.0. The number of ketones is 1. The average Bonchev–Trinajstić information content (AvgIpc) is 3.14. The van der Waals surface area contributed by atoms with Gasteiger partial charge in [0.25, 0.3) is 0 Å². The largest absolute Gasteiger partial charge is 0.497 e. The third kappa shape index (κ3) is 11.6. The van der Waals surface area contributed by atoms with Crippen LogP contribution < -0.4 is 4.74 Å². The molecule has 218 valence electrons. The number of unbranched alkanes of at least 4 members (excludes halogenated alkanes) is 14. The number of rotatable bonds is 22. The van der Waals surface area contributed by atoms with Crippen molar-refractivity contribution in [1.29, 1.82) is 0 Å². The first kappa shape index (κ1) is 32.7. The zero-order valence-electron chi connectivity index (χ0n) is 25.2. The molecular formula is C34H53NO4. The molecule has 39 heavy (non-hydrogen) atoms. The second kappa shape index (κ2) is 18.7. The zero-order chi connectivity index (χ0) is 28.5. The predicted octanol–water partition coefficient (Wildman–Crippen LogP) is 9.23. The molecule has 1 N–H and O–H groups in total. The minimum Gasteiger partial charge on any atom is -0.497 e. The number of carboxylic acid groups (broad SMARTS) is 1. The van der Waals surface area contributed by atoms with Gasteiger partial charge >= 0.3 is 5.97 Å². The van der Waals surface area contributed by atoms with Crippen LogP contribution in [0.4, 0.5) is 0 Å². The van der Waals surface area contributed by atoms with Gasteiger partial charge in [0, 0.05) is 29.9 Å². The molecule has 5 nitrogen and oxygen atoms in total. The zero-order valence-corrected chi connectivity index (χ0v) is 25.2. The summed E-state index contributed by atoms with van der Waals surface area (Å²) in [5.74, 6) is 0.0390. The fraction of sp³-hybridized carbons (Fsp3) is 0.647. The van der Waals surface area contributed by atoms with Crippen molar-refractivity contribution in [1.82, 2.24) is 4.57 Å². The molecule has 2 rings (SSSR count). The summed E-state index contributed by atoms with van der Waals surface area (Å²) in [6, 6.07) is 7.77. The molecule has 1 heterocycles. The van der Waals surface area contributed by atoms with E-state index in [2.05, 4.69) is 6.92 Å².